The van der Waals surface area contributed by atoms with Crippen LogP contribution in [0.15, 0.2) is 36.8 Å². The van der Waals surface area contributed by atoms with Crippen molar-refractivity contribution < 1.29 is 9.18 Å². The summed E-state index contributed by atoms with van der Waals surface area (Å²) in [6.07, 6.45) is 5.84. The second-order valence-corrected chi connectivity index (χ2v) is 7.31. The van der Waals surface area contributed by atoms with Crippen LogP contribution in [0.4, 0.5) is 4.39 Å². The first-order chi connectivity index (χ1) is 13.2. The van der Waals surface area contributed by atoms with Crippen LogP contribution in [0, 0.1) is 5.82 Å². The maximum atomic E-state index is 13.2. The fourth-order valence-electron chi connectivity index (χ4n) is 3.89. The third-order valence-corrected chi connectivity index (χ3v) is 5.55. The summed E-state index contributed by atoms with van der Waals surface area (Å²) in [4.78, 5) is 24.0. The topological polar surface area (TPSA) is 44.6 Å². The molecule has 2 fully saturated rings. The molecule has 1 aromatic heterocycles. The van der Waals surface area contributed by atoms with Crippen LogP contribution in [0.2, 0.25) is 0 Å². The highest BCUT2D eigenvalue weighted by atomic mass is 19.1. The highest BCUT2D eigenvalue weighted by Gasteiger charge is 2.25. The van der Waals surface area contributed by atoms with Gasteiger partial charge in [0.15, 0.2) is 0 Å². The molecule has 1 amide bonds. The highest BCUT2D eigenvalue weighted by molar-refractivity contribution is 5.93. The minimum absolute atomic E-state index is 0.0176. The average Bonchev–Trinajstić information content (AvgIpc) is 3.39. The van der Waals surface area contributed by atoms with Crippen LogP contribution in [0.1, 0.15) is 23.3 Å². The molecule has 144 valence electrons. The van der Waals surface area contributed by atoms with E-state index < -0.39 is 0 Å². The van der Waals surface area contributed by atoms with Crippen LogP contribution in [-0.4, -0.2) is 82.5 Å². The van der Waals surface area contributed by atoms with Gasteiger partial charge in [-0.1, -0.05) is 0 Å². The Morgan fingerprint density at radius 1 is 0.926 bits per heavy atom. The van der Waals surface area contributed by atoms with Crippen molar-refractivity contribution in [1.29, 1.82) is 0 Å². The molecule has 2 aliphatic rings. The molecule has 0 N–H and O–H groups in total. The maximum Gasteiger partial charge on any atom is 0.272 e. The quantitative estimate of drug-likeness (QED) is 0.805. The number of amides is 1. The summed E-state index contributed by atoms with van der Waals surface area (Å²) in [5.74, 6) is -0.312. The van der Waals surface area contributed by atoms with Crippen LogP contribution in [0.3, 0.4) is 0 Å². The minimum Gasteiger partial charge on any atom is -0.335 e. The largest absolute Gasteiger partial charge is 0.335 e. The van der Waals surface area contributed by atoms with Crippen molar-refractivity contribution in [3.8, 4) is 5.69 Å². The molecule has 1 aromatic carbocycles. The molecule has 0 radical (unpaired) electrons. The van der Waals surface area contributed by atoms with Crippen molar-refractivity contribution in [3.05, 3.63) is 48.3 Å². The normalized spacial score (nSPS) is 18.9. The van der Waals surface area contributed by atoms with Crippen molar-refractivity contribution in [2.24, 2.45) is 0 Å². The average molecular weight is 371 g/mol. The molecule has 0 bridgehead atoms. The Balaban J connectivity index is 1.34. The molecule has 2 saturated heterocycles. The van der Waals surface area contributed by atoms with Gasteiger partial charge < -0.3 is 9.80 Å². The SMILES string of the molecule is O=C(c1cncn1-c1ccc(F)cc1)N1CCN(CCN2CCCC2)CC1. The summed E-state index contributed by atoms with van der Waals surface area (Å²) in [5, 5.41) is 0. The monoisotopic (exact) mass is 371 g/mol. The molecule has 0 atom stereocenters. The van der Waals surface area contributed by atoms with E-state index in [9.17, 15) is 9.18 Å². The van der Waals surface area contributed by atoms with E-state index in [1.165, 1.54) is 38.1 Å². The molecule has 6 nitrogen and oxygen atoms in total. The number of rotatable bonds is 5. The number of nitrogens with zero attached hydrogens (tertiary/aromatic N) is 5. The molecule has 7 heteroatoms. The van der Waals surface area contributed by atoms with Crippen molar-refractivity contribution in [2.45, 2.75) is 12.8 Å². The van der Waals surface area contributed by atoms with Gasteiger partial charge in [0.05, 0.1) is 12.5 Å². The first-order valence-corrected chi connectivity index (χ1v) is 9.73. The number of likely N-dealkylation sites (tertiary alicyclic amines) is 1. The summed E-state index contributed by atoms with van der Waals surface area (Å²) in [6.45, 7) is 7.94. The predicted octanol–water partition coefficient (Wildman–Crippen LogP) is 1.86. The lowest BCUT2D eigenvalue weighted by atomic mass is 10.2. The zero-order valence-electron chi connectivity index (χ0n) is 15.6. The molecule has 0 spiro atoms. The van der Waals surface area contributed by atoms with Gasteiger partial charge in [-0.25, -0.2) is 9.37 Å². The number of halogens is 1. The highest BCUT2D eigenvalue weighted by Crippen LogP contribution is 2.15. The van der Waals surface area contributed by atoms with Gasteiger partial charge >= 0.3 is 0 Å². The first kappa shape index (κ1) is 18.1. The van der Waals surface area contributed by atoms with E-state index in [-0.39, 0.29) is 11.7 Å². The Morgan fingerprint density at radius 2 is 1.56 bits per heavy atom. The number of carbonyl (C=O) groups excluding carboxylic acids is 1. The van der Waals surface area contributed by atoms with Gasteiger partial charge in [0.2, 0.25) is 0 Å². The number of carbonyl (C=O) groups is 1. The van der Waals surface area contributed by atoms with Gasteiger partial charge in [-0.15, -0.1) is 0 Å². The van der Waals surface area contributed by atoms with Crippen LogP contribution in [0.5, 0.6) is 0 Å². The second kappa shape index (κ2) is 8.19. The zero-order valence-corrected chi connectivity index (χ0v) is 15.6. The van der Waals surface area contributed by atoms with E-state index in [2.05, 4.69) is 14.8 Å². The lowest BCUT2D eigenvalue weighted by Crippen LogP contribution is -2.50. The zero-order chi connectivity index (χ0) is 18.6. The molecule has 27 heavy (non-hydrogen) atoms. The summed E-state index contributed by atoms with van der Waals surface area (Å²) < 4.78 is 14.9. The van der Waals surface area contributed by atoms with Gasteiger partial charge in [-0.05, 0) is 50.2 Å². The maximum absolute atomic E-state index is 13.2. The van der Waals surface area contributed by atoms with Crippen molar-refractivity contribution in [3.63, 3.8) is 0 Å². The summed E-state index contributed by atoms with van der Waals surface area (Å²) in [5.41, 5.74) is 1.26. The van der Waals surface area contributed by atoms with Crippen LogP contribution < -0.4 is 0 Å². The second-order valence-electron chi connectivity index (χ2n) is 7.31. The van der Waals surface area contributed by atoms with E-state index in [1.807, 2.05) is 4.90 Å². The smallest absolute Gasteiger partial charge is 0.272 e. The fraction of sp³-hybridized carbons (Fsp3) is 0.500. The molecule has 3 heterocycles. The molecule has 0 aliphatic carbocycles. The van der Waals surface area contributed by atoms with Gasteiger partial charge in [-0.3, -0.25) is 14.3 Å². The molecule has 2 aliphatic heterocycles. The number of piperazine rings is 1. The van der Waals surface area contributed by atoms with Crippen molar-refractivity contribution >= 4 is 5.91 Å². The Morgan fingerprint density at radius 3 is 2.22 bits per heavy atom. The molecular formula is C20H26FN5O. The molecule has 2 aromatic rings. The number of hydrogen-bond donors (Lipinski definition) is 0. The predicted molar refractivity (Wildman–Crippen MR) is 102 cm³/mol. The third kappa shape index (κ3) is 4.20. The first-order valence-electron chi connectivity index (χ1n) is 9.73. The standard InChI is InChI=1S/C20H26FN5O/c21-17-3-5-18(6-4-17)26-16-22-15-19(26)20(27)25-13-11-24(12-14-25)10-9-23-7-1-2-8-23/h3-6,15-16H,1-2,7-14H2. The van der Waals surface area contributed by atoms with Crippen LogP contribution >= 0.6 is 0 Å². The van der Waals surface area contributed by atoms with E-state index in [4.69, 9.17) is 0 Å². The Hall–Kier alpha value is -2.25. The summed E-state index contributed by atoms with van der Waals surface area (Å²) >= 11 is 0. The van der Waals surface area contributed by atoms with Gasteiger partial charge in [0.1, 0.15) is 11.5 Å². The van der Waals surface area contributed by atoms with Crippen molar-refractivity contribution in [1.82, 2.24) is 24.3 Å². The summed E-state index contributed by atoms with van der Waals surface area (Å²) in [7, 11) is 0. The van der Waals surface area contributed by atoms with E-state index in [0.717, 1.165) is 45.0 Å². The van der Waals surface area contributed by atoms with Gasteiger partial charge in [0, 0.05) is 45.0 Å². The number of aromatic nitrogens is 2. The van der Waals surface area contributed by atoms with E-state index >= 15 is 0 Å². The van der Waals surface area contributed by atoms with E-state index in [1.54, 1.807) is 29.2 Å². The van der Waals surface area contributed by atoms with Crippen LogP contribution in [-0.2, 0) is 0 Å². The Labute approximate surface area is 159 Å². The Kier molecular flexibility index (Phi) is 5.50. The van der Waals surface area contributed by atoms with E-state index in [0.29, 0.717) is 5.69 Å². The van der Waals surface area contributed by atoms with Gasteiger partial charge in [-0.2, -0.15) is 0 Å². The molecule has 0 unspecified atom stereocenters. The fourth-order valence-corrected chi connectivity index (χ4v) is 3.89. The van der Waals surface area contributed by atoms with Crippen molar-refractivity contribution in [2.75, 3.05) is 52.4 Å². The van der Waals surface area contributed by atoms with Crippen LogP contribution in [0.25, 0.3) is 5.69 Å². The lowest BCUT2D eigenvalue weighted by molar-refractivity contribution is 0.0619. The number of hydrogen-bond acceptors (Lipinski definition) is 4. The lowest BCUT2D eigenvalue weighted by Gasteiger charge is -2.35. The number of benzene rings is 1. The molecular weight excluding hydrogens is 345 g/mol. The Bertz CT molecular complexity index is 761. The minimum atomic E-state index is -0.295. The summed E-state index contributed by atoms with van der Waals surface area (Å²) in [6, 6.07) is 6.10. The van der Waals surface area contributed by atoms with Gasteiger partial charge in [0.25, 0.3) is 5.91 Å². The third-order valence-electron chi connectivity index (χ3n) is 5.55. The number of imidazole rings is 1. The molecule has 0 saturated carbocycles. The molecule has 4 rings (SSSR count).